The predicted molar refractivity (Wildman–Crippen MR) is 85.0 cm³/mol. The Labute approximate surface area is 121 Å². The number of hydrogen-bond donors (Lipinski definition) is 1. The molecule has 2 aromatic rings. The molecule has 2 heterocycles. The van der Waals surface area contributed by atoms with Crippen molar-refractivity contribution in [3.8, 4) is 0 Å². The van der Waals surface area contributed by atoms with E-state index in [4.69, 9.17) is 0 Å². The van der Waals surface area contributed by atoms with Gasteiger partial charge in [-0.05, 0) is 68.0 Å². The van der Waals surface area contributed by atoms with Crippen LogP contribution >= 0.6 is 0 Å². The first-order valence-electron chi connectivity index (χ1n) is 7.73. The molecule has 0 spiro atoms. The molecule has 1 N–H and O–H groups in total. The summed E-state index contributed by atoms with van der Waals surface area (Å²) in [6.45, 7) is 9.02. The molecule has 106 valence electrons. The van der Waals surface area contributed by atoms with Gasteiger partial charge in [0.1, 0.15) is 0 Å². The van der Waals surface area contributed by atoms with Crippen LogP contribution in [0.15, 0.2) is 30.3 Å². The summed E-state index contributed by atoms with van der Waals surface area (Å²) in [5.41, 5.74) is 3.69. The van der Waals surface area contributed by atoms with Crippen molar-refractivity contribution < 1.29 is 0 Å². The molecule has 1 fully saturated rings. The van der Waals surface area contributed by atoms with Crippen molar-refractivity contribution in [1.29, 1.82) is 0 Å². The van der Waals surface area contributed by atoms with E-state index in [1.165, 1.54) is 17.4 Å². The number of nitrogens with zero attached hydrogens (tertiary/aromatic N) is 1. The summed E-state index contributed by atoms with van der Waals surface area (Å²) in [5.74, 6) is 2.14. The van der Waals surface area contributed by atoms with Gasteiger partial charge in [-0.2, -0.15) is 0 Å². The third kappa shape index (κ3) is 2.57. The molecule has 2 atom stereocenters. The van der Waals surface area contributed by atoms with Gasteiger partial charge in [0.2, 0.25) is 0 Å². The third-order valence-electron chi connectivity index (χ3n) is 4.67. The molecule has 1 aliphatic heterocycles. The molecule has 0 saturated carbocycles. The van der Waals surface area contributed by atoms with Crippen molar-refractivity contribution in [3.05, 3.63) is 41.6 Å². The normalized spacial score (nSPS) is 23.4. The van der Waals surface area contributed by atoms with Gasteiger partial charge in [-0.15, -0.1) is 0 Å². The number of aryl methyl sites for hydroxylation is 1. The van der Waals surface area contributed by atoms with Crippen LogP contribution in [0.1, 0.15) is 37.4 Å². The average Bonchev–Trinajstić information content (AvgIpc) is 2.46. The van der Waals surface area contributed by atoms with Crippen molar-refractivity contribution in [1.82, 2.24) is 10.3 Å². The number of rotatable bonds is 2. The van der Waals surface area contributed by atoms with E-state index in [-0.39, 0.29) is 0 Å². The Bertz CT molecular complexity index is 603. The zero-order valence-corrected chi connectivity index (χ0v) is 12.7. The van der Waals surface area contributed by atoms with Crippen molar-refractivity contribution in [2.45, 2.75) is 33.1 Å². The van der Waals surface area contributed by atoms with Crippen LogP contribution in [0.25, 0.3) is 10.9 Å². The fraction of sp³-hybridized carbons (Fsp3) is 0.500. The summed E-state index contributed by atoms with van der Waals surface area (Å²) >= 11 is 0. The Balaban J connectivity index is 1.98. The van der Waals surface area contributed by atoms with Gasteiger partial charge in [-0.25, -0.2) is 0 Å². The van der Waals surface area contributed by atoms with Gasteiger partial charge in [0.05, 0.1) is 5.52 Å². The van der Waals surface area contributed by atoms with Crippen LogP contribution in [0.2, 0.25) is 0 Å². The maximum atomic E-state index is 4.60. The van der Waals surface area contributed by atoms with Gasteiger partial charge in [0.15, 0.2) is 0 Å². The Morgan fingerprint density at radius 1 is 1.20 bits per heavy atom. The smallest absolute Gasteiger partial charge is 0.0705 e. The first kappa shape index (κ1) is 13.6. The lowest BCUT2D eigenvalue weighted by atomic mass is 9.75. The van der Waals surface area contributed by atoms with Gasteiger partial charge in [0, 0.05) is 11.1 Å². The van der Waals surface area contributed by atoms with Gasteiger partial charge < -0.3 is 5.32 Å². The zero-order chi connectivity index (χ0) is 14.1. The molecule has 0 radical (unpaired) electrons. The summed E-state index contributed by atoms with van der Waals surface area (Å²) in [7, 11) is 0. The van der Waals surface area contributed by atoms with Crippen molar-refractivity contribution in [2.75, 3.05) is 13.1 Å². The quantitative estimate of drug-likeness (QED) is 0.893. The second kappa shape index (κ2) is 5.53. The highest BCUT2D eigenvalue weighted by Crippen LogP contribution is 2.35. The van der Waals surface area contributed by atoms with Crippen molar-refractivity contribution in [3.63, 3.8) is 0 Å². The summed E-state index contributed by atoms with van der Waals surface area (Å²) < 4.78 is 0. The number of hydrogen-bond acceptors (Lipinski definition) is 2. The Morgan fingerprint density at radius 3 is 2.85 bits per heavy atom. The Morgan fingerprint density at radius 2 is 2.05 bits per heavy atom. The van der Waals surface area contributed by atoms with E-state index in [0.717, 1.165) is 36.1 Å². The van der Waals surface area contributed by atoms with Crippen molar-refractivity contribution >= 4 is 10.9 Å². The van der Waals surface area contributed by atoms with E-state index < -0.39 is 0 Å². The topological polar surface area (TPSA) is 24.9 Å². The number of pyridine rings is 1. The van der Waals surface area contributed by atoms with E-state index >= 15 is 0 Å². The van der Waals surface area contributed by atoms with Crippen molar-refractivity contribution in [2.24, 2.45) is 11.8 Å². The molecule has 20 heavy (non-hydrogen) atoms. The SMILES string of the molecule is Cc1ccc2cc(C3CCNCC3C(C)C)ccc2n1. The first-order valence-corrected chi connectivity index (χ1v) is 7.73. The summed E-state index contributed by atoms with van der Waals surface area (Å²) in [6, 6.07) is 11.1. The number of aromatic nitrogens is 1. The predicted octanol–water partition coefficient (Wildman–Crippen LogP) is 3.89. The summed E-state index contributed by atoms with van der Waals surface area (Å²) in [4.78, 5) is 4.60. The number of fused-ring (bicyclic) bond motifs is 1. The second-order valence-electron chi connectivity index (χ2n) is 6.41. The van der Waals surface area contributed by atoms with Crippen LogP contribution in [-0.4, -0.2) is 18.1 Å². The number of nitrogens with one attached hydrogen (secondary N) is 1. The second-order valence-corrected chi connectivity index (χ2v) is 6.41. The molecule has 1 aliphatic rings. The third-order valence-corrected chi connectivity index (χ3v) is 4.67. The minimum Gasteiger partial charge on any atom is -0.316 e. The molecule has 0 aliphatic carbocycles. The molecule has 0 amide bonds. The maximum absolute atomic E-state index is 4.60. The van der Waals surface area contributed by atoms with Gasteiger partial charge in [-0.1, -0.05) is 26.0 Å². The Kier molecular flexibility index (Phi) is 3.75. The molecule has 1 saturated heterocycles. The lowest BCUT2D eigenvalue weighted by molar-refractivity contribution is 0.255. The largest absolute Gasteiger partial charge is 0.316 e. The van der Waals surface area contributed by atoms with Gasteiger partial charge in [-0.3, -0.25) is 4.98 Å². The molecular formula is C18H24N2. The molecule has 3 rings (SSSR count). The van der Waals surface area contributed by atoms with E-state index in [2.05, 4.69) is 61.4 Å². The standard InChI is InChI=1S/C18H24N2/c1-12(2)17-11-19-9-8-16(17)14-6-7-18-15(10-14)5-4-13(3)20-18/h4-7,10,12,16-17,19H,8-9,11H2,1-3H3. The fourth-order valence-electron chi connectivity index (χ4n) is 3.47. The van der Waals surface area contributed by atoms with E-state index in [0.29, 0.717) is 5.92 Å². The number of piperidine rings is 1. The van der Waals surface area contributed by atoms with Crippen LogP contribution in [0.3, 0.4) is 0 Å². The molecule has 2 unspecified atom stereocenters. The lowest BCUT2D eigenvalue weighted by Crippen LogP contribution is -2.38. The van der Waals surface area contributed by atoms with Crippen LogP contribution in [-0.2, 0) is 0 Å². The highest BCUT2D eigenvalue weighted by molar-refractivity contribution is 5.79. The molecule has 2 heteroatoms. The van der Waals surface area contributed by atoms with E-state index in [9.17, 15) is 0 Å². The molecule has 1 aromatic heterocycles. The average molecular weight is 268 g/mol. The molecule has 0 bridgehead atoms. The van der Waals surface area contributed by atoms with E-state index in [1.807, 2.05) is 0 Å². The van der Waals surface area contributed by atoms with Gasteiger partial charge >= 0.3 is 0 Å². The zero-order valence-electron chi connectivity index (χ0n) is 12.7. The number of benzene rings is 1. The summed E-state index contributed by atoms with van der Waals surface area (Å²) in [6.07, 6.45) is 1.24. The maximum Gasteiger partial charge on any atom is 0.0705 e. The van der Waals surface area contributed by atoms with Crippen LogP contribution < -0.4 is 5.32 Å². The highest BCUT2D eigenvalue weighted by Gasteiger charge is 2.28. The molecule has 2 nitrogen and oxygen atoms in total. The fourth-order valence-corrected chi connectivity index (χ4v) is 3.47. The Hall–Kier alpha value is -1.41. The monoisotopic (exact) mass is 268 g/mol. The summed E-state index contributed by atoms with van der Waals surface area (Å²) in [5, 5.41) is 4.82. The van der Waals surface area contributed by atoms with Crippen LogP contribution in [0, 0.1) is 18.8 Å². The minimum absolute atomic E-state index is 0.682. The van der Waals surface area contributed by atoms with Gasteiger partial charge in [0.25, 0.3) is 0 Å². The molecule has 1 aromatic carbocycles. The lowest BCUT2D eigenvalue weighted by Gasteiger charge is -2.35. The highest BCUT2D eigenvalue weighted by atomic mass is 14.9. The minimum atomic E-state index is 0.682. The van der Waals surface area contributed by atoms with Crippen LogP contribution in [0.4, 0.5) is 0 Å². The first-order chi connectivity index (χ1) is 9.65. The van der Waals surface area contributed by atoms with Crippen LogP contribution in [0.5, 0.6) is 0 Å². The molecular weight excluding hydrogens is 244 g/mol. The van der Waals surface area contributed by atoms with E-state index in [1.54, 1.807) is 0 Å².